The number of carbonyl (C=O) groups is 4. The molecule has 1 unspecified atom stereocenters. The molecule has 1 fully saturated rings. The minimum absolute atomic E-state index is 0.0247. The number of fused-ring (bicyclic) bond motifs is 1. The number of hydrogen-bond donors (Lipinski definition) is 4. The SMILES string of the molecule is N#Cc1ccc(/C=C/C2=C(C(=O)O)N3C(=O)C(NC(=O)/C(=N/OCC(=O)O)c4csc(N)n4)[C@H]3SC2)cc1. The van der Waals surface area contributed by atoms with Gasteiger partial charge in [0.25, 0.3) is 11.8 Å². The van der Waals surface area contributed by atoms with Crippen LogP contribution in [0, 0.1) is 11.3 Å². The number of carboxylic acid groups (broad SMARTS) is 2. The summed E-state index contributed by atoms with van der Waals surface area (Å²) in [5.41, 5.74) is 6.70. The maximum Gasteiger partial charge on any atom is 0.352 e. The third kappa shape index (κ3) is 5.51. The zero-order chi connectivity index (χ0) is 27.4. The molecule has 194 valence electrons. The summed E-state index contributed by atoms with van der Waals surface area (Å²) in [6.45, 7) is -0.809. The number of hydrogen-bond acceptors (Lipinski definition) is 11. The monoisotopic (exact) mass is 554 g/mol. The van der Waals surface area contributed by atoms with Crippen molar-refractivity contribution in [3.8, 4) is 6.07 Å². The second-order valence-electron chi connectivity index (χ2n) is 7.79. The number of allylic oxidation sites excluding steroid dienone is 1. The Morgan fingerprint density at radius 2 is 2.03 bits per heavy atom. The lowest BCUT2D eigenvalue weighted by atomic mass is 10.0. The Bertz CT molecular complexity index is 1440. The first kappa shape index (κ1) is 26.4. The number of aromatic nitrogens is 1. The number of β-lactam (4-membered cyclic amide) rings is 1. The molecule has 1 aromatic carbocycles. The third-order valence-electron chi connectivity index (χ3n) is 5.33. The molecule has 13 nitrogen and oxygen atoms in total. The van der Waals surface area contributed by atoms with Crippen LogP contribution in [0.1, 0.15) is 16.8 Å². The van der Waals surface area contributed by atoms with E-state index in [0.717, 1.165) is 21.8 Å². The molecular formula is C23H18N6O7S2. The van der Waals surface area contributed by atoms with Gasteiger partial charge in [-0.1, -0.05) is 29.4 Å². The zero-order valence-corrected chi connectivity index (χ0v) is 20.9. The number of nitrogens with zero attached hydrogens (tertiary/aromatic N) is 4. The Hall–Kier alpha value is -4.68. The number of nitriles is 1. The van der Waals surface area contributed by atoms with Gasteiger partial charge in [0.2, 0.25) is 6.61 Å². The van der Waals surface area contributed by atoms with E-state index < -0.39 is 41.8 Å². The molecule has 2 aromatic rings. The van der Waals surface area contributed by atoms with Crippen LogP contribution in [0.15, 0.2) is 52.1 Å². The highest BCUT2D eigenvalue weighted by molar-refractivity contribution is 8.00. The second-order valence-corrected chi connectivity index (χ2v) is 9.78. The summed E-state index contributed by atoms with van der Waals surface area (Å²) in [6, 6.07) is 7.65. The smallest absolute Gasteiger partial charge is 0.352 e. The molecule has 4 rings (SSSR count). The number of thioether (sulfide) groups is 1. The van der Waals surface area contributed by atoms with Gasteiger partial charge in [0, 0.05) is 11.1 Å². The van der Waals surface area contributed by atoms with E-state index in [2.05, 4.69) is 20.3 Å². The number of nitrogens with one attached hydrogen (secondary N) is 1. The van der Waals surface area contributed by atoms with Crippen molar-refractivity contribution in [1.82, 2.24) is 15.2 Å². The number of nitrogens with two attached hydrogens (primary N) is 1. The Labute approximate surface area is 222 Å². The van der Waals surface area contributed by atoms with Crippen molar-refractivity contribution in [1.29, 1.82) is 5.26 Å². The molecule has 1 saturated heterocycles. The summed E-state index contributed by atoms with van der Waals surface area (Å²) in [5, 5.41) is 34.4. The first-order valence-corrected chi connectivity index (χ1v) is 12.7. The van der Waals surface area contributed by atoms with Crippen molar-refractivity contribution in [2.75, 3.05) is 18.1 Å². The van der Waals surface area contributed by atoms with Gasteiger partial charge in [-0.25, -0.2) is 14.6 Å². The Balaban J connectivity index is 1.52. The van der Waals surface area contributed by atoms with E-state index in [-0.39, 0.29) is 28.0 Å². The van der Waals surface area contributed by atoms with Crippen LogP contribution in [0.3, 0.4) is 0 Å². The molecule has 0 radical (unpaired) electrons. The molecule has 2 atom stereocenters. The molecule has 15 heteroatoms. The standard InChI is InChI=1S/C23H18N6O7S2/c24-7-12-3-1-11(2-4-12)5-6-13-9-37-21-17(20(33)29(21)18(13)22(34)35)27-19(32)16(28-36-8-15(30)31)14-10-38-23(25)26-14/h1-6,10,17,21H,8-9H2,(H2,25,26)(H,27,32)(H,30,31)(H,34,35)/b6-5+,28-16+/t17?,21-/m1/s1. The molecule has 38 heavy (non-hydrogen) atoms. The van der Waals surface area contributed by atoms with E-state index in [1.54, 1.807) is 36.4 Å². The van der Waals surface area contributed by atoms with E-state index >= 15 is 0 Å². The Morgan fingerprint density at radius 3 is 2.63 bits per heavy atom. The van der Waals surface area contributed by atoms with Crippen LogP contribution in [0.4, 0.5) is 5.13 Å². The van der Waals surface area contributed by atoms with Crippen molar-refractivity contribution >= 4 is 63.8 Å². The molecular weight excluding hydrogens is 536 g/mol. The van der Waals surface area contributed by atoms with E-state index in [0.29, 0.717) is 11.1 Å². The highest BCUT2D eigenvalue weighted by Crippen LogP contribution is 2.40. The quantitative estimate of drug-likeness (QED) is 0.194. The molecule has 2 aliphatic heterocycles. The first-order chi connectivity index (χ1) is 18.2. The maximum absolute atomic E-state index is 13.0. The van der Waals surface area contributed by atoms with E-state index in [9.17, 15) is 24.3 Å². The number of thiazole rings is 1. The fraction of sp³-hybridized carbons (Fsp3) is 0.174. The minimum Gasteiger partial charge on any atom is -0.479 e. The number of aliphatic carboxylic acids is 2. The molecule has 2 amide bonds. The summed E-state index contributed by atoms with van der Waals surface area (Å²) >= 11 is 2.28. The molecule has 5 N–H and O–H groups in total. The van der Waals surface area contributed by atoms with E-state index in [1.807, 2.05) is 6.07 Å². The first-order valence-electron chi connectivity index (χ1n) is 10.7. The largest absolute Gasteiger partial charge is 0.479 e. The van der Waals surface area contributed by atoms with Gasteiger partial charge in [-0.3, -0.25) is 14.5 Å². The van der Waals surface area contributed by atoms with Gasteiger partial charge >= 0.3 is 11.9 Å². The lowest BCUT2D eigenvalue weighted by molar-refractivity contribution is -0.150. The third-order valence-corrected chi connectivity index (χ3v) is 7.30. The Kier molecular flexibility index (Phi) is 7.74. The lowest BCUT2D eigenvalue weighted by Gasteiger charge is -2.49. The summed E-state index contributed by atoms with van der Waals surface area (Å²) < 4.78 is 0. The van der Waals surface area contributed by atoms with Crippen LogP contribution < -0.4 is 11.1 Å². The second kappa shape index (κ2) is 11.2. The van der Waals surface area contributed by atoms with Gasteiger partial charge in [0.1, 0.15) is 22.8 Å². The number of rotatable bonds is 9. The average molecular weight is 555 g/mol. The van der Waals surface area contributed by atoms with Crippen LogP contribution >= 0.6 is 23.1 Å². The Morgan fingerprint density at radius 1 is 1.29 bits per heavy atom. The number of oxime groups is 1. The number of nitrogen functional groups attached to an aromatic ring is 1. The van der Waals surface area contributed by atoms with Gasteiger partial charge in [0.05, 0.1) is 11.6 Å². The van der Waals surface area contributed by atoms with Crippen LogP contribution in [0.5, 0.6) is 0 Å². The highest BCUT2D eigenvalue weighted by Gasteiger charge is 2.54. The van der Waals surface area contributed by atoms with Crippen LogP contribution in [-0.4, -0.2) is 73.3 Å². The van der Waals surface area contributed by atoms with Crippen LogP contribution in [-0.2, 0) is 24.0 Å². The fourth-order valence-corrected chi connectivity index (χ4v) is 5.47. The predicted octanol–water partition coefficient (Wildman–Crippen LogP) is 0.854. The topological polar surface area (TPSA) is 208 Å². The number of carboxylic acids is 2. The van der Waals surface area contributed by atoms with Crippen molar-refractivity contribution in [3.63, 3.8) is 0 Å². The molecule has 1 aromatic heterocycles. The normalized spacial score (nSPS) is 19.0. The molecule has 0 bridgehead atoms. The van der Waals surface area contributed by atoms with E-state index in [1.165, 1.54) is 17.1 Å². The van der Waals surface area contributed by atoms with Gasteiger partial charge in [-0.2, -0.15) is 5.26 Å². The predicted molar refractivity (Wildman–Crippen MR) is 137 cm³/mol. The van der Waals surface area contributed by atoms with Gasteiger partial charge in [-0.15, -0.1) is 23.1 Å². The zero-order valence-electron chi connectivity index (χ0n) is 19.2. The summed E-state index contributed by atoms with van der Waals surface area (Å²) in [5.74, 6) is -3.87. The van der Waals surface area contributed by atoms with Gasteiger partial charge in [0.15, 0.2) is 10.8 Å². The van der Waals surface area contributed by atoms with Crippen molar-refractivity contribution in [2.24, 2.45) is 5.16 Å². The molecule has 3 heterocycles. The number of benzene rings is 1. The summed E-state index contributed by atoms with van der Waals surface area (Å²) in [7, 11) is 0. The molecule has 2 aliphatic rings. The van der Waals surface area contributed by atoms with Gasteiger partial charge in [-0.05, 0) is 23.3 Å². The number of amides is 2. The van der Waals surface area contributed by atoms with E-state index in [4.69, 9.17) is 16.1 Å². The molecule has 0 saturated carbocycles. The van der Waals surface area contributed by atoms with Crippen LogP contribution in [0.25, 0.3) is 6.08 Å². The summed E-state index contributed by atoms with van der Waals surface area (Å²) in [6.07, 6.45) is 3.29. The average Bonchev–Trinajstić information content (AvgIpc) is 3.33. The van der Waals surface area contributed by atoms with Crippen molar-refractivity contribution in [2.45, 2.75) is 11.4 Å². The fourth-order valence-electron chi connectivity index (χ4n) is 3.60. The molecule has 0 spiro atoms. The van der Waals surface area contributed by atoms with Gasteiger partial charge < -0.3 is 26.1 Å². The van der Waals surface area contributed by atoms with Crippen molar-refractivity contribution < 1.29 is 34.2 Å². The lowest BCUT2D eigenvalue weighted by Crippen LogP contribution is -2.71. The van der Waals surface area contributed by atoms with Crippen molar-refractivity contribution in [3.05, 3.63) is 63.8 Å². The minimum atomic E-state index is -1.31. The molecule has 0 aliphatic carbocycles. The number of carbonyl (C=O) groups excluding carboxylic acids is 2. The number of anilines is 1. The van der Waals surface area contributed by atoms with Crippen LogP contribution in [0.2, 0.25) is 0 Å². The maximum atomic E-state index is 13.0. The highest BCUT2D eigenvalue weighted by atomic mass is 32.2. The summed E-state index contributed by atoms with van der Waals surface area (Å²) in [4.78, 5) is 58.5.